The Morgan fingerprint density at radius 2 is 2.11 bits per heavy atom. The van der Waals surface area contributed by atoms with E-state index in [4.69, 9.17) is 0 Å². The molecule has 0 radical (unpaired) electrons. The van der Waals surface area contributed by atoms with Crippen LogP contribution < -0.4 is 5.32 Å². The number of imidazole rings is 1. The second-order valence-electron chi connectivity index (χ2n) is 4.63. The normalized spacial score (nSPS) is 13.2. The summed E-state index contributed by atoms with van der Waals surface area (Å²) in [4.78, 5) is 10.0. The highest BCUT2D eigenvalue weighted by Crippen LogP contribution is 2.29. The molecule has 0 spiro atoms. The largest absolute Gasteiger partial charge is 0.326 e. The molecule has 5 heteroatoms. The van der Waals surface area contributed by atoms with E-state index >= 15 is 0 Å². The summed E-state index contributed by atoms with van der Waals surface area (Å²) < 4.78 is 2.15. The van der Waals surface area contributed by atoms with Crippen molar-refractivity contribution in [3.63, 3.8) is 0 Å². The van der Waals surface area contributed by atoms with Gasteiger partial charge >= 0.3 is 0 Å². The van der Waals surface area contributed by atoms with E-state index in [9.17, 15) is 0 Å². The van der Waals surface area contributed by atoms with Crippen molar-refractivity contribution in [2.75, 3.05) is 6.54 Å². The number of hydrogen-bond acceptors (Lipinski definition) is 4. The molecule has 2 aromatic heterocycles. The minimum absolute atomic E-state index is 0.358. The van der Waals surface area contributed by atoms with E-state index in [1.54, 1.807) is 11.3 Å². The van der Waals surface area contributed by atoms with Crippen molar-refractivity contribution in [1.82, 2.24) is 19.9 Å². The Labute approximate surface area is 112 Å². The van der Waals surface area contributed by atoms with E-state index < -0.39 is 0 Å². The Morgan fingerprint density at radius 1 is 1.33 bits per heavy atom. The zero-order chi connectivity index (χ0) is 13.1. The lowest BCUT2D eigenvalue weighted by Crippen LogP contribution is -2.16. The highest BCUT2D eigenvalue weighted by molar-refractivity contribution is 7.15. The van der Waals surface area contributed by atoms with Gasteiger partial charge in [-0.2, -0.15) is 0 Å². The van der Waals surface area contributed by atoms with E-state index in [2.05, 4.69) is 47.5 Å². The summed E-state index contributed by atoms with van der Waals surface area (Å²) in [5.74, 6) is 0. The molecule has 0 aliphatic rings. The van der Waals surface area contributed by atoms with Crippen LogP contribution in [-0.2, 0) is 0 Å². The first-order chi connectivity index (χ1) is 8.63. The molecule has 1 N–H and O–H groups in total. The molecule has 0 saturated heterocycles. The summed E-state index contributed by atoms with van der Waals surface area (Å²) in [5.41, 5.74) is 1.10. The maximum absolute atomic E-state index is 4.52. The van der Waals surface area contributed by atoms with Crippen molar-refractivity contribution in [3.8, 4) is 10.7 Å². The average Bonchev–Trinajstić information content (AvgIpc) is 2.98. The van der Waals surface area contributed by atoms with Crippen LogP contribution in [0.3, 0.4) is 0 Å². The third-order valence-electron chi connectivity index (χ3n) is 2.90. The number of hydrogen-bond donors (Lipinski definition) is 1. The van der Waals surface area contributed by atoms with Gasteiger partial charge < -0.3 is 9.88 Å². The van der Waals surface area contributed by atoms with Gasteiger partial charge in [-0.05, 0) is 27.3 Å². The Hall–Kier alpha value is -1.20. The molecule has 0 saturated carbocycles. The van der Waals surface area contributed by atoms with Gasteiger partial charge in [0.25, 0.3) is 0 Å². The lowest BCUT2D eigenvalue weighted by molar-refractivity contribution is 0.605. The molecule has 2 rings (SSSR count). The predicted octanol–water partition coefficient (Wildman–Crippen LogP) is 3.26. The van der Waals surface area contributed by atoms with Crippen molar-refractivity contribution in [2.24, 2.45) is 0 Å². The van der Waals surface area contributed by atoms with Crippen LogP contribution in [0.25, 0.3) is 10.7 Å². The van der Waals surface area contributed by atoms with E-state index in [0.717, 1.165) is 17.2 Å². The quantitative estimate of drug-likeness (QED) is 0.901. The molecule has 0 aliphatic heterocycles. The molecule has 2 aromatic rings. The zero-order valence-corrected chi connectivity index (χ0v) is 12.2. The van der Waals surface area contributed by atoms with Gasteiger partial charge in [0.2, 0.25) is 0 Å². The maximum Gasteiger partial charge on any atom is 0.141 e. The van der Waals surface area contributed by atoms with Crippen LogP contribution in [0.5, 0.6) is 0 Å². The van der Waals surface area contributed by atoms with Gasteiger partial charge in [0.05, 0.1) is 18.2 Å². The first kappa shape index (κ1) is 13.2. The average molecular weight is 264 g/mol. The molecule has 2 heterocycles. The summed E-state index contributed by atoms with van der Waals surface area (Å²) in [6.45, 7) is 9.56. The highest BCUT2D eigenvalue weighted by Gasteiger charge is 2.14. The number of rotatable bonds is 5. The summed E-state index contributed by atoms with van der Waals surface area (Å²) in [5, 5.41) is 4.45. The topological polar surface area (TPSA) is 42.7 Å². The molecule has 0 aromatic carbocycles. The predicted molar refractivity (Wildman–Crippen MR) is 75.8 cm³/mol. The zero-order valence-electron chi connectivity index (χ0n) is 11.3. The van der Waals surface area contributed by atoms with Crippen LogP contribution in [0.4, 0.5) is 0 Å². The third kappa shape index (κ3) is 2.62. The van der Waals surface area contributed by atoms with E-state index in [1.807, 2.05) is 18.7 Å². The van der Waals surface area contributed by atoms with E-state index in [0.29, 0.717) is 12.1 Å². The minimum atomic E-state index is 0.358. The van der Waals surface area contributed by atoms with Gasteiger partial charge in [0, 0.05) is 23.2 Å². The molecule has 1 atom stereocenters. The van der Waals surface area contributed by atoms with Gasteiger partial charge in [0.15, 0.2) is 0 Å². The summed E-state index contributed by atoms with van der Waals surface area (Å²) in [6.07, 6.45) is 5.72. The van der Waals surface area contributed by atoms with Gasteiger partial charge in [-0.25, -0.2) is 9.97 Å². The van der Waals surface area contributed by atoms with Crippen LogP contribution in [-0.4, -0.2) is 21.1 Å². The second kappa shape index (κ2) is 5.63. The minimum Gasteiger partial charge on any atom is -0.326 e. The van der Waals surface area contributed by atoms with Crippen molar-refractivity contribution in [1.29, 1.82) is 0 Å². The molecule has 1 unspecified atom stereocenters. The fourth-order valence-corrected chi connectivity index (χ4v) is 2.85. The molecule has 0 aliphatic carbocycles. The highest BCUT2D eigenvalue weighted by atomic mass is 32.1. The smallest absolute Gasteiger partial charge is 0.141 e. The number of thiazole rings is 1. The second-order valence-corrected chi connectivity index (χ2v) is 5.69. The SMILES string of the molecule is CCNC(C)c1cnc(-c2cncn2C(C)C)s1. The molecular weight excluding hydrogens is 244 g/mol. The van der Waals surface area contributed by atoms with Crippen LogP contribution in [0.2, 0.25) is 0 Å². The standard InChI is InChI=1S/C13H20N4S/c1-5-15-10(4)12-7-16-13(18-12)11-6-14-8-17(11)9(2)3/h6-10,15H,5H2,1-4H3. The lowest BCUT2D eigenvalue weighted by atomic mass is 10.3. The van der Waals surface area contributed by atoms with E-state index in [1.165, 1.54) is 4.88 Å². The molecular formula is C13H20N4S. The number of nitrogens with one attached hydrogen (secondary N) is 1. The molecule has 4 nitrogen and oxygen atoms in total. The van der Waals surface area contributed by atoms with Crippen LogP contribution in [0, 0.1) is 0 Å². The molecule has 0 bridgehead atoms. The van der Waals surface area contributed by atoms with Crippen molar-refractivity contribution < 1.29 is 0 Å². The molecule has 0 fully saturated rings. The summed E-state index contributed by atoms with van der Waals surface area (Å²) in [7, 11) is 0. The molecule has 0 amide bonds. The monoisotopic (exact) mass is 264 g/mol. The van der Waals surface area contributed by atoms with Gasteiger partial charge in [-0.3, -0.25) is 0 Å². The van der Waals surface area contributed by atoms with Gasteiger partial charge in [0.1, 0.15) is 5.01 Å². The first-order valence-electron chi connectivity index (χ1n) is 6.34. The third-order valence-corrected chi connectivity index (χ3v) is 4.10. The Morgan fingerprint density at radius 3 is 2.78 bits per heavy atom. The number of nitrogens with zero attached hydrogens (tertiary/aromatic N) is 3. The fraction of sp³-hybridized carbons (Fsp3) is 0.538. The van der Waals surface area contributed by atoms with E-state index in [-0.39, 0.29) is 0 Å². The molecule has 18 heavy (non-hydrogen) atoms. The first-order valence-corrected chi connectivity index (χ1v) is 7.16. The lowest BCUT2D eigenvalue weighted by Gasteiger charge is -2.10. The van der Waals surface area contributed by atoms with Crippen molar-refractivity contribution >= 4 is 11.3 Å². The summed E-state index contributed by atoms with van der Waals surface area (Å²) >= 11 is 1.74. The van der Waals surface area contributed by atoms with Gasteiger partial charge in [-0.1, -0.05) is 6.92 Å². The maximum atomic E-state index is 4.52. The Balaban J connectivity index is 2.26. The van der Waals surface area contributed by atoms with Crippen molar-refractivity contribution in [3.05, 3.63) is 23.6 Å². The fourth-order valence-electron chi connectivity index (χ4n) is 1.89. The summed E-state index contributed by atoms with van der Waals surface area (Å²) in [6, 6.07) is 0.762. The van der Waals surface area contributed by atoms with Crippen LogP contribution in [0.1, 0.15) is 44.7 Å². The Bertz CT molecular complexity index is 501. The van der Waals surface area contributed by atoms with Gasteiger partial charge in [-0.15, -0.1) is 11.3 Å². The number of aromatic nitrogens is 3. The van der Waals surface area contributed by atoms with Crippen LogP contribution >= 0.6 is 11.3 Å². The Kier molecular flexibility index (Phi) is 4.14. The van der Waals surface area contributed by atoms with Crippen LogP contribution in [0.15, 0.2) is 18.7 Å². The molecule has 98 valence electrons. The van der Waals surface area contributed by atoms with Crippen molar-refractivity contribution in [2.45, 2.75) is 39.8 Å².